The molecule has 0 aliphatic heterocycles. The fraction of sp³-hybridized carbons (Fsp3) is 0.684. The van der Waals surface area contributed by atoms with Gasteiger partial charge in [-0.25, -0.2) is 0 Å². The minimum absolute atomic E-state index is 0.302. The quantitative estimate of drug-likeness (QED) is 0.728. The van der Waals surface area contributed by atoms with Gasteiger partial charge in [-0.3, -0.25) is 0 Å². The molecule has 2 rings (SSSR count). The van der Waals surface area contributed by atoms with E-state index in [1.54, 1.807) is 11.1 Å². The zero-order valence-corrected chi connectivity index (χ0v) is 14.0. The van der Waals surface area contributed by atoms with Crippen LogP contribution in [0.5, 0.6) is 0 Å². The molecule has 2 nitrogen and oxygen atoms in total. The first-order chi connectivity index (χ1) is 10.2. The van der Waals surface area contributed by atoms with E-state index in [2.05, 4.69) is 50.4 Å². The Labute approximate surface area is 130 Å². The molecular formula is C19H31NO. The predicted octanol–water partition coefficient (Wildman–Crippen LogP) is 4.08. The van der Waals surface area contributed by atoms with Crippen molar-refractivity contribution in [1.82, 2.24) is 5.32 Å². The lowest BCUT2D eigenvalue weighted by atomic mass is 9.67. The van der Waals surface area contributed by atoms with Crippen molar-refractivity contribution in [2.24, 2.45) is 0 Å². The highest BCUT2D eigenvalue weighted by molar-refractivity contribution is 5.37. The highest BCUT2D eigenvalue weighted by atomic mass is 16.5. The van der Waals surface area contributed by atoms with Crippen LogP contribution in [0.25, 0.3) is 0 Å². The molecule has 1 unspecified atom stereocenters. The van der Waals surface area contributed by atoms with E-state index < -0.39 is 0 Å². The van der Waals surface area contributed by atoms with E-state index in [9.17, 15) is 0 Å². The highest BCUT2D eigenvalue weighted by Gasteiger charge is 2.35. The van der Waals surface area contributed by atoms with Crippen molar-refractivity contribution in [3.63, 3.8) is 0 Å². The first-order valence-corrected chi connectivity index (χ1v) is 8.57. The van der Waals surface area contributed by atoms with Gasteiger partial charge in [0.05, 0.1) is 0 Å². The summed E-state index contributed by atoms with van der Waals surface area (Å²) in [6.45, 7) is 9.36. The van der Waals surface area contributed by atoms with Crippen molar-refractivity contribution in [3.8, 4) is 0 Å². The summed E-state index contributed by atoms with van der Waals surface area (Å²) in [4.78, 5) is 0. The van der Waals surface area contributed by atoms with Gasteiger partial charge in [-0.15, -0.1) is 0 Å². The van der Waals surface area contributed by atoms with Crippen LogP contribution in [0.2, 0.25) is 0 Å². The van der Waals surface area contributed by atoms with Gasteiger partial charge in [0.15, 0.2) is 0 Å². The Morgan fingerprint density at radius 1 is 1.29 bits per heavy atom. The van der Waals surface area contributed by atoms with Crippen molar-refractivity contribution < 1.29 is 4.74 Å². The number of hydrogen-bond donors (Lipinski definition) is 1. The summed E-state index contributed by atoms with van der Waals surface area (Å²) in [5, 5.41) is 3.70. The molecule has 0 bridgehead atoms. The second-order valence-electron chi connectivity index (χ2n) is 6.63. The molecule has 1 aliphatic rings. The lowest BCUT2D eigenvalue weighted by molar-refractivity contribution is 0.134. The molecule has 0 spiro atoms. The topological polar surface area (TPSA) is 21.3 Å². The molecule has 0 saturated carbocycles. The summed E-state index contributed by atoms with van der Waals surface area (Å²) >= 11 is 0. The number of rotatable bonds is 8. The summed E-state index contributed by atoms with van der Waals surface area (Å²) in [6.07, 6.45) is 6.23. The minimum Gasteiger partial charge on any atom is -0.382 e. The van der Waals surface area contributed by atoms with E-state index >= 15 is 0 Å². The fourth-order valence-corrected chi connectivity index (χ4v) is 3.60. The van der Waals surface area contributed by atoms with E-state index in [1.807, 2.05) is 0 Å². The summed E-state index contributed by atoms with van der Waals surface area (Å²) in [7, 11) is 0. The third-order valence-corrected chi connectivity index (χ3v) is 4.69. The second-order valence-corrected chi connectivity index (χ2v) is 6.63. The fourth-order valence-electron chi connectivity index (χ4n) is 3.60. The summed E-state index contributed by atoms with van der Waals surface area (Å²) in [5.41, 5.74) is 3.45. The molecule has 1 N–H and O–H groups in total. The largest absolute Gasteiger partial charge is 0.382 e. The van der Waals surface area contributed by atoms with Gasteiger partial charge < -0.3 is 10.1 Å². The third-order valence-electron chi connectivity index (χ3n) is 4.69. The molecule has 118 valence electrons. The zero-order valence-electron chi connectivity index (χ0n) is 14.0. The Hall–Kier alpha value is -0.860. The molecule has 1 atom stereocenters. The minimum atomic E-state index is 0.302. The van der Waals surface area contributed by atoms with Crippen LogP contribution in [-0.4, -0.2) is 25.8 Å². The maximum atomic E-state index is 5.56. The van der Waals surface area contributed by atoms with Crippen molar-refractivity contribution in [1.29, 1.82) is 0 Å². The Morgan fingerprint density at radius 2 is 2.10 bits per heavy atom. The van der Waals surface area contributed by atoms with Crippen LogP contribution in [0.4, 0.5) is 0 Å². The number of benzene rings is 1. The highest BCUT2D eigenvalue weighted by Crippen LogP contribution is 2.40. The predicted molar refractivity (Wildman–Crippen MR) is 89.9 cm³/mol. The number of ether oxygens (including phenoxy) is 1. The van der Waals surface area contributed by atoms with Crippen molar-refractivity contribution in [3.05, 3.63) is 35.4 Å². The number of nitrogens with one attached hydrogen (secondary N) is 1. The maximum absolute atomic E-state index is 5.56. The molecular weight excluding hydrogens is 258 g/mol. The molecule has 0 amide bonds. The average Bonchev–Trinajstić information content (AvgIpc) is 2.50. The number of fused-ring (bicyclic) bond motifs is 1. The number of aryl methyl sites for hydroxylation is 1. The normalized spacial score (nSPS) is 21.5. The van der Waals surface area contributed by atoms with E-state index in [0.717, 1.165) is 26.2 Å². The second kappa shape index (κ2) is 7.95. The van der Waals surface area contributed by atoms with Gasteiger partial charge in [-0.2, -0.15) is 0 Å². The van der Waals surface area contributed by atoms with Crippen LogP contribution in [0.3, 0.4) is 0 Å². The Bertz CT molecular complexity index is 429. The van der Waals surface area contributed by atoms with Gasteiger partial charge in [0.25, 0.3) is 0 Å². The van der Waals surface area contributed by atoms with E-state index in [0.29, 0.717) is 11.5 Å². The smallest absolute Gasteiger partial charge is 0.0466 e. The molecule has 1 aliphatic carbocycles. The molecule has 0 fully saturated rings. The molecule has 0 radical (unpaired) electrons. The van der Waals surface area contributed by atoms with Gasteiger partial charge in [-0.05, 0) is 50.2 Å². The average molecular weight is 289 g/mol. The molecule has 0 heterocycles. The van der Waals surface area contributed by atoms with Crippen LogP contribution < -0.4 is 5.32 Å². The van der Waals surface area contributed by atoms with E-state index in [4.69, 9.17) is 4.74 Å². The molecule has 1 aromatic rings. The van der Waals surface area contributed by atoms with Gasteiger partial charge in [0.1, 0.15) is 0 Å². The summed E-state index contributed by atoms with van der Waals surface area (Å²) in [6, 6.07) is 9.61. The van der Waals surface area contributed by atoms with Gasteiger partial charge in [0, 0.05) is 31.2 Å². The lowest BCUT2D eigenvalue weighted by Gasteiger charge is -2.40. The van der Waals surface area contributed by atoms with Crippen LogP contribution >= 0.6 is 0 Å². The molecule has 1 aromatic carbocycles. The first kappa shape index (κ1) is 16.5. The molecule has 0 saturated heterocycles. The zero-order chi connectivity index (χ0) is 15.1. The van der Waals surface area contributed by atoms with Crippen LogP contribution in [0.1, 0.15) is 57.6 Å². The van der Waals surface area contributed by atoms with Gasteiger partial charge in [-0.1, -0.05) is 38.1 Å². The Kier molecular flexibility index (Phi) is 6.25. The van der Waals surface area contributed by atoms with Crippen LogP contribution in [0, 0.1) is 0 Å². The van der Waals surface area contributed by atoms with Gasteiger partial charge in [0.2, 0.25) is 0 Å². The Balaban J connectivity index is 2.15. The van der Waals surface area contributed by atoms with Crippen molar-refractivity contribution >= 4 is 0 Å². The standard InChI is InChI=1S/C19H31NO/c1-4-21-14-8-13-19(15-20-16(2)3)12-7-10-17-9-5-6-11-18(17)19/h5-6,9,11,16,20H,4,7-8,10,12-15H2,1-3H3. The molecule has 0 aromatic heterocycles. The third kappa shape index (κ3) is 4.31. The number of hydrogen-bond acceptors (Lipinski definition) is 2. The van der Waals surface area contributed by atoms with E-state index in [1.165, 1.54) is 25.7 Å². The molecule has 2 heteroatoms. The summed E-state index contributed by atoms with van der Waals surface area (Å²) in [5.74, 6) is 0. The monoisotopic (exact) mass is 289 g/mol. The van der Waals surface area contributed by atoms with Crippen molar-refractivity contribution in [2.45, 2.75) is 64.3 Å². The van der Waals surface area contributed by atoms with Gasteiger partial charge >= 0.3 is 0 Å². The lowest BCUT2D eigenvalue weighted by Crippen LogP contribution is -2.43. The van der Waals surface area contributed by atoms with Crippen LogP contribution in [0.15, 0.2) is 24.3 Å². The van der Waals surface area contributed by atoms with Crippen molar-refractivity contribution in [2.75, 3.05) is 19.8 Å². The van der Waals surface area contributed by atoms with Crippen LogP contribution in [-0.2, 0) is 16.6 Å². The Morgan fingerprint density at radius 3 is 2.86 bits per heavy atom. The molecule has 21 heavy (non-hydrogen) atoms. The van der Waals surface area contributed by atoms with E-state index in [-0.39, 0.29) is 0 Å². The summed E-state index contributed by atoms with van der Waals surface area (Å²) < 4.78 is 5.56. The SMILES string of the molecule is CCOCCCC1(CNC(C)C)CCCc2ccccc21. The maximum Gasteiger partial charge on any atom is 0.0466 e. The first-order valence-electron chi connectivity index (χ1n) is 8.57.